The van der Waals surface area contributed by atoms with Gasteiger partial charge in [-0.25, -0.2) is 0 Å². The lowest BCUT2D eigenvalue weighted by Crippen LogP contribution is -2.38. The molecule has 0 aliphatic carbocycles. The fourth-order valence-electron chi connectivity index (χ4n) is 2.66. The summed E-state index contributed by atoms with van der Waals surface area (Å²) in [6.07, 6.45) is 2.60. The highest BCUT2D eigenvalue weighted by Crippen LogP contribution is 2.28. The average molecular weight is 253 g/mol. The van der Waals surface area contributed by atoms with Crippen LogP contribution in [0.4, 0.5) is 0 Å². The number of carbonyl (C=O) groups excluding carboxylic acids is 2. The van der Waals surface area contributed by atoms with Crippen LogP contribution in [0.2, 0.25) is 0 Å². The molecule has 1 fully saturated rings. The van der Waals surface area contributed by atoms with E-state index >= 15 is 0 Å². The minimum Gasteiger partial charge on any atom is -0.342 e. The van der Waals surface area contributed by atoms with Crippen LogP contribution in [0.15, 0.2) is 0 Å². The van der Waals surface area contributed by atoms with Gasteiger partial charge in [-0.3, -0.25) is 9.59 Å². The van der Waals surface area contributed by atoms with Gasteiger partial charge in [0.05, 0.1) is 0 Å². The van der Waals surface area contributed by atoms with E-state index in [0.717, 1.165) is 25.9 Å². The van der Waals surface area contributed by atoms with Crippen LogP contribution >= 0.6 is 0 Å². The molecule has 1 aliphatic heterocycles. The molecule has 0 aromatic carbocycles. The lowest BCUT2D eigenvalue weighted by atomic mass is 9.91. The van der Waals surface area contributed by atoms with E-state index in [9.17, 15) is 9.59 Å². The topological polar surface area (TPSA) is 37.4 Å². The number of Topliss-reactive ketones (excluding diaryl/α,β-unsaturated/α-hetero) is 1. The van der Waals surface area contributed by atoms with Gasteiger partial charge >= 0.3 is 0 Å². The van der Waals surface area contributed by atoms with Crippen LogP contribution in [-0.4, -0.2) is 29.7 Å². The zero-order valence-electron chi connectivity index (χ0n) is 12.5. The van der Waals surface area contributed by atoms with Crippen molar-refractivity contribution in [3.63, 3.8) is 0 Å². The van der Waals surface area contributed by atoms with E-state index in [0.29, 0.717) is 18.1 Å². The van der Waals surface area contributed by atoms with E-state index in [2.05, 4.69) is 0 Å². The fourth-order valence-corrected chi connectivity index (χ4v) is 2.66. The molecule has 0 aromatic heterocycles. The summed E-state index contributed by atoms with van der Waals surface area (Å²) in [6, 6.07) is 0. The van der Waals surface area contributed by atoms with Crippen molar-refractivity contribution in [2.24, 2.45) is 17.3 Å². The summed E-state index contributed by atoms with van der Waals surface area (Å²) >= 11 is 0. The average Bonchev–Trinajstić information content (AvgIpc) is 2.73. The predicted octanol–water partition coefficient (Wildman–Crippen LogP) is 2.89. The molecule has 0 N–H and O–H groups in total. The Morgan fingerprint density at radius 3 is 2.44 bits per heavy atom. The van der Waals surface area contributed by atoms with Crippen molar-refractivity contribution in [2.45, 2.75) is 53.9 Å². The highest BCUT2D eigenvalue weighted by atomic mass is 16.2. The number of carbonyl (C=O) groups is 2. The zero-order valence-corrected chi connectivity index (χ0v) is 12.5. The fraction of sp³-hybridized carbons (Fsp3) is 0.867. The van der Waals surface area contributed by atoms with E-state index < -0.39 is 0 Å². The van der Waals surface area contributed by atoms with Crippen LogP contribution in [0.3, 0.4) is 0 Å². The third-order valence-corrected chi connectivity index (χ3v) is 3.80. The standard InChI is InChI=1S/C15H27NO2/c1-6-13(17)11(2)9-12-7-8-16(10-12)14(18)15(3,4)5/h11-12H,6-10H2,1-5H3. The zero-order chi connectivity index (χ0) is 13.9. The second kappa shape index (κ2) is 5.85. The van der Waals surface area contributed by atoms with E-state index in [1.54, 1.807) is 0 Å². The quantitative estimate of drug-likeness (QED) is 0.772. The van der Waals surface area contributed by atoms with Crippen LogP contribution < -0.4 is 0 Å². The molecule has 1 heterocycles. The number of rotatable bonds is 4. The maximum Gasteiger partial charge on any atom is 0.227 e. The number of nitrogens with zero attached hydrogens (tertiary/aromatic N) is 1. The smallest absolute Gasteiger partial charge is 0.227 e. The summed E-state index contributed by atoms with van der Waals surface area (Å²) in [4.78, 5) is 25.7. The maximum atomic E-state index is 12.1. The molecule has 18 heavy (non-hydrogen) atoms. The second-order valence-corrected chi connectivity index (χ2v) is 6.61. The van der Waals surface area contributed by atoms with Crippen molar-refractivity contribution in [1.29, 1.82) is 0 Å². The summed E-state index contributed by atoms with van der Waals surface area (Å²) in [7, 11) is 0. The molecule has 0 aromatic rings. The van der Waals surface area contributed by atoms with Crippen LogP contribution in [0.1, 0.15) is 53.9 Å². The summed E-state index contributed by atoms with van der Waals surface area (Å²) in [5.74, 6) is 1.22. The summed E-state index contributed by atoms with van der Waals surface area (Å²) < 4.78 is 0. The van der Waals surface area contributed by atoms with Gasteiger partial charge in [0.15, 0.2) is 0 Å². The SMILES string of the molecule is CCC(=O)C(C)CC1CCN(C(=O)C(C)(C)C)C1. The molecule has 0 spiro atoms. The summed E-state index contributed by atoms with van der Waals surface area (Å²) in [5, 5.41) is 0. The molecule has 2 unspecified atom stereocenters. The first kappa shape index (κ1) is 15.2. The molecule has 0 saturated carbocycles. The molecule has 1 saturated heterocycles. The highest BCUT2D eigenvalue weighted by Gasteiger charge is 2.33. The van der Waals surface area contributed by atoms with Gasteiger partial charge in [0.1, 0.15) is 5.78 Å². The summed E-state index contributed by atoms with van der Waals surface area (Å²) in [6.45, 7) is 11.5. The third-order valence-electron chi connectivity index (χ3n) is 3.80. The number of likely N-dealkylation sites (tertiary alicyclic amines) is 1. The summed E-state index contributed by atoms with van der Waals surface area (Å²) in [5.41, 5.74) is -0.292. The van der Waals surface area contributed by atoms with E-state index in [1.807, 2.05) is 39.5 Å². The largest absolute Gasteiger partial charge is 0.342 e. The minimum atomic E-state index is -0.292. The Kier molecular flexibility index (Phi) is 4.94. The van der Waals surface area contributed by atoms with Crippen molar-refractivity contribution in [2.75, 3.05) is 13.1 Å². The van der Waals surface area contributed by atoms with Gasteiger partial charge in [-0.2, -0.15) is 0 Å². The van der Waals surface area contributed by atoms with E-state index in [-0.39, 0.29) is 17.2 Å². The van der Waals surface area contributed by atoms with Gasteiger partial charge in [0.25, 0.3) is 0 Å². The Labute approximate surface area is 111 Å². The molecule has 0 bridgehead atoms. The maximum absolute atomic E-state index is 12.1. The Morgan fingerprint density at radius 1 is 1.33 bits per heavy atom. The monoisotopic (exact) mass is 253 g/mol. The molecule has 2 atom stereocenters. The second-order valence-electron chi connectivity index (χ2n) is 6.61. The van der Waals surface area contributed by atoms with Crippen molar-refractivity contribution in [3.8, 4) is 0 Å². The third kappa shape index (κ3) is 3.82. The molecule has 1 rings (SSSR count). The predicted molar refractivity (Wildman–Crippen MR) is 73.2 cm³/mol. The molecular formula is C15H27NO2. The Balaban J connectivity index is 2.47. The van der Waals surface area contributed by atoms with E-state index in [1.165, 1.54) is 0 Å². The normalized spacial score (nSPS) is 22.1. The number of amides is 1. The molecule has 3 heteroatoms. The van der Waals surface area contributed by atoms with Crippen molar-refractivity contribution < 1.29 is 9.59 Å². The van der Waals surface area contributed by atoms with Gasteiger partial charge < -0.3 is 4.90 Å². The Bertz CT molecular complexity index is 317. The Morgan fingerprint density at radius 2 is 1.94 bits per heavy atom. The molecule has 104 valence electrons. The Hall–Kier alpha value is -0.860. The molecular weight excluding hydrogens is 226 g/mol. The molecule has 3 nitrogen and oxygen atoms in total. The molecule has 1 amide bonds. The minimum absolute atomic E-state index is 0.143. The lowest BCUT2D eigenvalue weighted by molar-refractivity contribution is -0.138. The van der Waals surface area contributed by atoms with Gasteiger partial charge in [-0.15, -0.1) is 0 Å². The van der Waals surface area contributed by atoms with Crippen molar-refractivity contribution in [3.05, 3.63) is 0 Å². The van der Waals surface area contributed by atoms with Crippen LogP contribution in [0.5, 0.6) is 0 Å². The van der Waals surface area contributed by atoms with Gasteiger partial charge in [-0.1, -0.05) is 34.6 Å². The first-order chi connectivity index (χ1) is 8.25. The first-order valence-electron chi connectivity index (χ1n) is 7.07. The number of ketones is 1. The van der Waals surface area contributed by atoms with Crippen LogP contribution in [-0.2, 0) is 9.59 Å². The van der Waals surface area contributed by atoms with Crippen LogP contribution in [0.25, 0.3) is 0 Å². The lowest BCUT2D eigenvalue weighted by Gasteiger charge is -2.26. The van der Waals surface area contributed by atoms with Crippen LogP contribution in [0, 0.1) is 17.3 Å². The van der Waals surface area contributed by atoms with Crippen molar-refractivity contribution >= 4 is 11.7 Å². The number of hydrogen-bond donors (Lipinski definition) is 0. The first-order valence-corrected chi connectivity index (χ1v) is 7.07. The molecule has 1 aliphatic rings. The van der Waals surface area contributed by atoms with Crippen molar-refractivity contribution in [1.82, 2.24) is 4.90 Å². The van der Waals surface area contributed by atoms with Gasteiger partial charge in [-0.05, 0) is 18.8 Å². The van der Waals surface area contributed by atoms with Gasteiger partial charge in [0, 0.05) is 30.8 Å². The highest BCUT2D eigenvalue weighted by molar-refractivity contribution is 5.82. The van der Waals surface area contributed by atoms with E-state index in [4.69, 9.17) is 0 Å². The molecule has 0 radical (unpaired) electrons. The van der Waals surface area contributed by atoms with Gasteiger partial charge in [0.2, 0.25) is 5.91 Å². The number of hydrogen-bond acceptors (Lipinski definition) is 2.